The number of thioether (sulfide) groups is 1. The molecule has 1 atom stereocenters. The summed E-state index contributed by atoms with van der Waals surface area (Å²) in [5.41, 5.74) is 1.18. The van der Waals surface area contributed by atoms with Gasteiger partial charge in [-0.3, -0.25) is 0 Å². The van der Waals surface area contributed by atoms with Gasteiger partial charge in [-0.15, -0.1) is 34.4 Å². The van der Waals surface area contributed by atoms with Gasteiger partial charge in [-0.05, 0) is 53.4 Å². The Morgan fingerprint density at radius 1 is 1.00 bits per heavy atom. The van der Waals surface area contributed by atoms with Gasteiger partial charge in [0.25, 0.3) is 0 Å². The van der Waals surface area contributed by atoms with E-state index in [0.717, 1.165) is 6.42 Å². The van der Waals surface area contributed by atoms with Gasteiger partial charge < -0.3 is 5.32 Å². The molecule has 0 amide bonds. The number of hydrogen-bond acceptors (Lipinski definition) is 4. The fourth-order valence-corrected chi connectivity index (χ4v) is 4.17. The third-order valence-electron chi connectivity index (χ3n) is 3.30. The molecule has 0 radical (unpaired) electrons. The van der Waals surface area contributed by atoms with Crippen molar-refractivity contribution in [1.29, 1.82) is 0 Å². The van der Waals surface area contributed by atoms with Crippen LogP contribution in [0.4, 0.5) is 5.69 Å². The van der Waals surface area contributed by atoms with E-state index in [-0.39, 0.29) is 0 Å². The summed E-state index contributed by atoms with van der Waals surface area (Å²) in [5.74, 6) is 0. The normalized spacial score (nSPS) is 12.2. The molecule has 0 saturated heterocycles. The van der Waals surface area contributed by atoms with Crippen LogP contribution < -0.4 is 5.32 Å². The van der Waals surface area contributed by atoms with Crippen molar-refractivity contribution in [3.63, 3.8) is 0 Å². The summed E-state index contributed by atoms with van der Waals surface area (Å²) in [6.45, 7) is 0. The average Bonchev–Trinajstić information content (AvgIpc) is 3.21. The standard InChI is InChI=1S/C17H17NS3/c1-19-14-8-6-13(7-9-14)18-16(17-5-3-11-21-17)12-15-4-2-10-20-15/h2-11,16,18H,12H2,1H3. The summed E-state index contributed by atoms with van der Waals surface area (Å²) >= 11 is 5.42. The first-order valence-electron chi connectivity index (χ1n) is 6.81. The molecule has 0 aliphatic carbocycles. The quantitative estimate of drug-likeness (QED) is 0.562. The molecule has 3 aromatic rings. The minimum Gasteiger partial charge on any atom is -0.377 e. The second kappa shape index (κ2) is 7.16. The van der Waals surface area contributed by atoms with Gasteiger partial charge in [0.1, 0.15) is 0 Å². The summed E-state index contributed by atoms with van der Waals surface area (Å²) in [6.07, 6.45) is 3.14. The van der Waals surface area contributed by atoms with E-state index in [4.69, 9.17) is 0 Å². The van der Waals surface area contributed by atoms with Crippen LogP contribution in [0.3, 0.4) is 0 Å². The van der Waals surface area contributed by atoms with E-state index in [9.17, 15) is 0 Å². The predicted molar refractivity (Wildman–Crippen MR) is 96.9 cm³/mol. The Balaban J connectivity index is 1.78. The molecule has 0 spiro atoms. The highest BCUT2D eigenvalue weighted by Gasteiger charge is 2.14. The number of thiophene rings is 2. The molecule has 2 aromatic heterocycles. The first kappa shape index (κ1) is 14.7. The molecular formula is C17H17NS3. The molecule has 0 fully saturated rings. The van der Waals surface area contributed by atoms with Crippen LogP contribution in [0.5, 0.6) is 0 Å². The van der Waals surface area contributed by atoms with Crippen LogP contribution >= 0.6 is 34.4 Å². The fraction of sp³-hybridized carbons (Fsp3) is 0.176. The van der Waals surface area contributed by atoms with Crippen LogP contribution in [0, 0.1) is 0 Å². The molecule has 1 N–H and O–H groups in total. The van der Waals surface area contributed by atoms with Gasteiger partial charge in [0.15, 0.2) is 0 Å². The lowest BCUT2D eigenvalue weighted by Gasteiger charge is -2.18. The van der Waals surface area contributed by atoms with Crippen molar-refractivity contribution in [3.05, 3.63) is 69.0 Å². The van der Waals surface area contributed by atoms with Crippen molar-refractivity contribution >= 4 is 40.1 Å². The zero-order valence-electron chi connectivity index (χ0n) is 11.8. The van der Waals surface area contributed by atoms with Crippen LogP contribution in [0.25, 0.3) is 0 Å². The summed E-state index contributed by atoms with van der Waals surface area (Å²) in [5, 5.41) is 7.97. The van der Waals surface area contributed by atoms with Gasteiger partial charge in [-0.1, -0.05) is 12.1 Å². The zero-order valence-corrected chi connectivity index (χ0v) is 14.2. The first-order valence-corrected chi connectivity index (χ1v) is 9.80. The van der Waals surface area contributed by atoms with E-state index < -0.39 is 0 Å². The van der Waals surface area contributed by atoms with Crippen LogP contribution in [-0.2, 0) is 6.42 Å². The predicted octanol–water partition coefficient (Wildman–Crippen LogP) is 5.93. The first-order chi connectivity index (χ1) is 10.3. The summed E-state index contributed by atoms with van der Waals surface area (Å²) in [6, 6.07) is 17.7. The SMILES string of the molecule is CSc1ccc(NC(Cc2cccs2)c2cccs2)cc1. The molecule has 3 rings (SSSR count). The maximum absolute atomic E-state index is 3.68. The van der Waals surface area contributed by atoms with E-state index >= 15 is 0 Å². The highest BCUT2D eigenvalue weighted by Crippen LogP contribution is 2.29. The summed E-state index contributed by atoms with van der Waals surface area (Å²) < 4.78 is 0. The lowest BCUT2D eigenvalue weighted by molar-refractivity contribution is 0.802. The largest absolute Gasteiger partial charge is 0.377 e. The van der Waals surface area contributed by atoms with Crippen molar-refractivity contribution in [2.24, 2.45) is 0 Å². The molecule has 1 nitrogen and oxygen atoms in total. The molecule has 1 unspecified atom stereocenters. The van der Waals surface area contributed by atoms with E-state index in [1.807, 2.05) is 22.7 Å². The molecule has 0 saturated carbocycles. The molecule has 4 heteroatoms. The maximum atomic E-state index is 3.68. The van der Waals surface area contributed by atoms with E-state index in [2.05, 4.69) is 70.9 Å². The summed E-state index contributed by atoms with van der Waals surface area (Å²) in [4.78, 5) is 4.10. The Morgan fingerprint density at radius 3 is 2.38 bits per heavy atom. The molecule has 21 heavy (non-hydrogen) atoms. The Labute approximate surface area is 138 Å². The zero-order chi connectivity index (χ0) is 14.5. The second-order valence-electron chi connectivity index (χ2n) is 4.72. The molecule has 0 bridgehead atoms. The second-order valence-corrected chi connectivity index (χ2v) is 7.62. The number of hydrogen-bond donors (Lipinski definition) is 1. The van der Waals surface area contributed by atoms with Gasteiger partial charge in [-0.2, -0.15) is 0 Å². The molecule has 1 aromatic carbocycles. The number of nitrogens with one attached hydrogen (secondary N) is 1. The Morgan fingerprint density at radius 2 is 1.76 bits per heavy atom. The van der Waals surface area contributed by atoms with Crippen molar-refractivity contribution in [2.45, 2.75) is 17.4 Å². The van der Waals surface area contributed by atoms with Crippen LogP contribution in [0.15, 0.2) is 64.2 Å². The molecule has 2 heterocycles. The van der Waals surface area contributed by atoms with Crippen LogP contribution in [0.1, 0.15) is 15.8 Å². The topological polar surface area (TPSA) is 12.0 Å². The molecular weight excluding hydrogens is 314 g/mol. The number of rotatable bonds is 6. The fourth-order valence-electron chi connectivity index (χ4n) is 2.23. The Kier molecular flexibility index (Phi) is 5.01. The third-order valence-corrected chi connectivity index (χ3v) is 5.93. The van der Waals surface area contributed by atoms with Crippen LogP contribution in [-0.4, -0.2) is 6.26 Å². The van der Waals surface area contributed by atoms with E-state index in [1.54, 1.807) is 11.8 Å². The minimum atomic E-state index is 0.337. The highest BCUT2D eigenvalue weighted by atomic mass is 32.2. The Hall–Kier alpha value is -1.23. The van der Waals surface area contributed by atoms with Crippen molar-refractivity contribution < 1.29 is 0 Å². The Bertz CT molecular complexity index is 642. The number of benzene rings is 1. The minimum absolute atomic E-state index is 0.337. The molecule has 0 aliphatic rings. The number of anilines is 1. The smallest absolute Gasteiger partial charge is 0.0654 e. The van der Waals surface area contributed by atoms with Crippen molar-refractivity contribution in [3.8, 4) is 0 Å². The van der Waals surface area contributed by atoms with Gasteiger partial charge in [-0.25, -0.2) is 0 Å². The van der Waals surface area contributed by atoms with Crippen molar-refractivity contribution in [1.82, 2.24) is 0 Å². The highest BCUT2D eigenvalue weighted by molar-refractivity contribution is 7.98. The van der Waals surface area contributed by atoms with E-state index in [1.165, 1.54) is 20.3 Å². The molecule has 108 valence electrons. The van der Waals surface area contributed by atoms with Gasteiger partial charge in [0.05, 0.1) is 6.04 Å². The van der Waals surface area contributed by atoms with Gasteiger partial charge in [0, 0.05) is 26.8 Å². The maximum Gasteiger partial charge on any atom is 0.0654 e. The van der Waals surface area contributed by atoms with Crippen molar-refractivity contribution in [2.75, 3.05) is 11.6 Å². The average molecular weight is 332 g/mol. The van der Waals surface area contributed by atoms with E-state index in [0.29, 0.717) is 6.04 Å². The van der Waals surface area contributed by atoms with Crippen LogP contribution in [0.2, 0.25) is 0 Å². The molecule has 0 aliphatic heterocycles. The van der Waals surface area contributed by atoms with Gasteiger partial charge >= 0.3 is 0 Å². The lowest BCUT2D eigenvalue weighted by atomic mass is 10.1. The summed E-state index contributed by atoms with van der Waals surface area (Å²) in [7, 11) is 0. The van der Waals surface area contributed by atoms with Gasteiger partial charge in [0.2, 0.25) is 0 Å². The lowest BCUT2D eigenvalue weighted by Crippen LogP contribution is -2.11. The monoisotopic (exact) mass is 331 g/mol. The third kappa shape index (κ3) is 3.90.